The molecule has 1 aliphatic rings. The molecular weight excluding hydrogens is 202 g/mol. The molecule has 0 saturated carbocycles. The summed E-state index contributed by atoms with van der Waals surface area (Å²) in [5.74, 6) is -0.759. The van der Waals surface area contributed by atoms with Gasteiger partial charge in [-0.2, -0.15) is 0 Å². The van der Waals surface area contributed by atoms with E-state index >= 15 is 0 Å². The summed E-state index contributed by atoms with van der Waals surface area (Å²) in [6.45, 7) is 1.04. The van der Waals surface area contributed by atoms with Crippen LogP contribution in [0.2, 0.25) is 0 Å². The predicted octanol–water partition coefficient (Wildman–Crippen LogP) is 1.28. The highest BCUT2D eigenvalue weighted by Crippen LogP contribution is 2.36. The second kappa shape index (κ2) is 3.67. The number of carboxylic acid groups (broad SMARTS) is 1. The minimum Gasteiger partial charge on any atom is -0.481 e. The van der Waals surface area contributed by atoms with Crippen molar-refractivity contribution >= 4 is 17.3 Å². The summed E-state index contributed by atoms with van der Waals surface area (Å²) in [4.78, 5) is 16.1. The summed E-state index contributed by atoms with van der Waals surface area (Å²) >= 11 is 1.41. The van der Waals surface area contributed by atoms with E-state index in [1.165, 1.54) is 11.3 Å². The average Bonchev–Trinajstić information content (AvgIpc) is 2.72. The van der Waals surface area contributed by atoms with Gasteiger partial charge in [0.15, 0.2) is 0 Å². The van der Waals surface area contributed by atoms with Crippen molar-refractivity contribution in [2.75, 3.05) is 13.2 Å². The summed E-state index contributed by atoms with van der Waals surface area (Å²) in [6, 6.07) is 0. The van der Waals surface area contributed by atoms with Crippen LogP contribution in [0, 0.1) is 0 Å². The maximum Gasteiger partial charge on any atom is 0.315 e. The Morgan fingerprint density at radius 3 is 2.79 bits per heavy atom. The van der Waals surface area contributed by atoms with Gasteiger partial charge in [-0.05, 0) is 12.8 Å². The number of rotatable bonds is 2. The number of thiazole rings is 1. The smallest absolute Gasteiger partial charge is 0.315 e. The molecule has 2 rings (SSSR count). The monoisotopic (exact) mass is 213 g/mol. The fourth-order valence-electron chi connectivity index (χ4n) is 1.74. The second-order valence-electron chi connectivity index (χ2n) is 3.37. The molecule has 0 unspecified atom stereocenters. The zero-order chi connectivity index (χ0) is 10.0. The van der Waals surface area contributed by atoms with Gasteiger partial charge >= 0.3 is 5.97 Å². The lowest BCUT2D eigenvalue weighted by molar-refractivity contribution is -0.147. The summed E-state index contributed by atoms with van der Waals surface area (Å²) in [5, 5.41) is 9.28. The van der Waals surface area contributed by atoms with Gasteiger partial charge in [0.2, 0.25) is 0 Å². The first-order valence-corrected chi connectivity index (χ1v) is 5.34. The number of aliphatic carboxylic acids is 1. The van der Waals surface area contributed by atoms with E-state index in [2.05, 4.69) is 4.98 Å². The topological polar surface area (TPSA) is 59.4 Å². The van der Waals surface area contributed by atoms with E-state index in [-0.39, 0.29) is 0 Å². The molecule has 0 radical (unpaired) electrons. The highest BCUT2D eigenvalue weighted by atomic mass is 32.1. The molecule has 0 bridgehead atoms. The van der Waals surface area contributed by atoms with Crippen molar-refractivity contribution in [3.05, 3.63) is 16.6 Å². The van der Waals surface area contributed by atoms with Gasteiger partial charge in [-0.3, -0.25) is 9.78 Å². The van der Waals surface area contributed by atoms with E-state index in [4.69, 9.17) is 4.74 Å². The lowest BCUT2D eigenvalue weighted by Gasteiger charge is -2.31. The SMILES string of the molecule is O=C(O)C1(c2cncs2)CCOCC1. The van der Waals surface area contributed by atoms with Gasteiger partial charge < -0.3 is 9.84 Å². The zero-order valence-corrected chi connectivity index (χ0v) is 8.42. The van der Waals surface area contributed by atoms with Gasteiger partial charge in [-0.25, -0.2) is 0 Å². The van der Waals surface area contributed by atoms with Crippen LogP contribution >= 0.6 is 11.3 Å². The number of carbonyl (C=O) groups is 1. The first-order chi connectivity index (χ1) is 6.76. The first-order valence-electron chi connectivity index (χ1n) is 4.46. The fourth-order valence-corrected chi connectivity index (χ4v) is 2.61. The number of ether oxygens (including phenoxy) is 1. The predicted molar refractivity (Wildman–Crippen MR) is 51.5 cm³/mol. The van der Waals surface area contributed by atoms with Crippen molar-refractivity contribution < 1.29 is 14.6 Å². The van der Waals surface area contributed by atoms with Crippen molar-refractivity contribution in [3.8, 4) is 0 Å². The van der Waals surface area contributed by atoms with Gasteiger partial charge in [0, 0.05) is 24.3 Å². The Morgan fingerprint density at radius 1 is 1.57 bits per heavy atom. The third kappa shape index (κ3) is 1.42. The molecule has 0 spiro atoms. The van der Waals surface area contributed by atoms with Crippen LogP contribution in [0.4, 0.5) is 0 Å². The average molecular weight is 213 g/mol. The van der Waals surface area contributed by atoms with Crippen LogP contribution in [-0.4, -0.2) is 29.3 Å². The minimum atomic E-state index is -0.759. The lowest BCUT2D eigenvalue weighted by Crippen LogP contribution is -2.40. The number of hydrogen-bond donors (Lipinski definition) is 1. The summed E-state index contributed by atoms with van der Waals surface area (Å²) in [7, 11) is 0. The third-order valence-corrected chi connectivity index (χ3v) is 3.64. The van der Waals surface area contributed by atoms with Gasteiger partial charge in [0.25, 0.3) is 0 Å². The van der Waals surface area contributed by atoms with E-state index in [9.17, 15) is 9.90 Å². The largest absolute Gasteiger partial charge is 0.481 e. The van der Waals surface area contributed by atoms with Crippen molar-refractivity contribution in [1.29, 1.82) is 0 Å². The normalized spacial score (nSPS) is 20.6. The Morgan fingerprint density at radius 2 is 2.29 bits per heavy atom. The summed E-state index contributed by atoms with van der Waals surface area (Å²) in [6.07, 6.45) is 2.75. The molecule has 5 heteroatoms. The van der Waals surface area contributed by atoms with Crippen LogP contribution in [0.25, 0.3) is 0 Å². The van der Waals surface area contributed by atoms with E-state index in [1.54, 1.807) is 11.7 Å². The Balaban J connectivity index is 2.35. The quantitative estimate of drug-likeness (QED) is 0.803. The molecule has 0 aromatic carbocycles. The Bertz CT molecular complexity index is 317. The molecule has 0 amide bonds. The van der Waals surface area contributed by atoms with Crippen molar-refractivity contribution in [1.82, 2.24) is 4.98 Å². The zero-order valence-electron chi connectivity index (χ0n) is 7.60. The molecule has 1 aromatic heterocycles. The number of nitrogens with zero attached hydrogens (tertiary/aromatic N) is 1. The van der Waals surface area contributed by atoms with Crippen molar-refractivity contribution in [2.24, 2.45) is 0 Å². The van der Waals surface area contributed by atoms with Crippen LogP contribution in [0.1, 0.15) is 17.7 Å². The Labute approximate surface area is 85.5 Å². The molecular formula is C9H11NO3S. The van der Waals surface area contributed by atoms with E-state index in [0.29, 0.717) is 26.1 Å². The van der Waals surface area contributed by atoms with Crippen LogP contribution in [-0.2, 0) is 14.9 Å². The van der Waals surface area contributed by atoms with Gasteiger partial charge in [-0.15, -0.1) is 11.3 Å². The summed E-state index contributed by atoms with van der Waals surface area (Å²) in [5.41, 5.74) is 0.925. The van der Waals surface area contributed by atoms with Crippen LogP contribution < -0.4 is 0 Å². The Hall–Kier alpha value is -0.940. The summed E-state index contributed by atoms with van der Waals surface area (Å²) < 4.78 is 5.19. The first kappa shape index (κ1) is 9.61. The van der Waals surface area contributed by atoms with Gasteiger partial charge in [0.05, 0.1) is 5.51 Å². The molecule has 1 N–H and O–H groups in total. The maximum absolute atomic E-state index is 11.3. The highest BCUT2D eigenvalue weighted by Gasteiger charge is 2.43. The molecule has 1 saturated heterocycles. The Kier molecular flexibility index (Phi) is 2.52. The molecule has 1 fully saturated rings. The number of hydrogen-bond acceptors (Lipinski definition) is 4. The molecule has 14 heavy (non-hydrogen) atoms. The second-order valence-corrected chi connectivity index (χ2v) is 4.25. The van der Waals surface area contributed by atoms with Gasteiger partial charge in [-0.1, -0.05) is 0 Å². The highest BCUT2D eigenvalue weighted by molar-refractivity contribution is 7.09. The van der Waals surface area contributed by atoms with E-state index in [1.807, 2.05) is 0 Å². The van der Waals surface area contributed by atoms with Gasteiger partial charge in [0.1, 0.15) is 5.41 Å². The standard InChI is InChI=1S/C9H11NO3S/c11-8(12)9(1-3-13-4-2-9)7-5-10-6-14-7/h5-6H,1-4H2,(H,11,12). The van der Waals surface area contributed by atoms with Crippen molar-refractivity contribution in [3.63, 3.8) is 0 Å². The molecule has 1 aliphatic heterocycles. The molecule has 0 aliphatic carbocycles. The molecule has 0 atom stereocenters. The van der Waals surface area contributed by atoms with E-state index < -0.39 is 11.4 Å². The fraction of sp³-hybridized carbons (Fsp3) is 0.556. The third-order valence-electron chi connectivity index (χ3n) is 2.66. The van der Waals surface area contributed by atoms with Crippen molar-refractivity contribution in [2.45, 2.75) is 18.3 Å². The molecule has 76 valence electrons. The minimum absolute atomic E-state index is 0.518. The molecule has 1 aromatic rings. The molecule has 2 heterocycles. The van der Waals surface area contributed by atoms with Crippen LogP contribution in [0.5, 0.6) is 0 Å². The number of aromatic nitrogens is 1. The van der Waals surface area contributed by atoms with E-state index in [0.717, 1.165) is 4.88 Å². The lowest BCUT2D eigenvalue weighted by atomic mass is 9.79. The van der Waals surface area contributed by atoms with Crippen LogP contribution in [0.3, 0.4) is 0 Å². The molecule has 4 nitrogen and oxygen atoms in total. The van der Waals surface area contributed by atoms with Crippen LogP contribution in [0.15, 0.2) is 11.7 Å². The maximum atomic E-state index is 11.3. The number of carboxylic acids is 1.